The van der Waals surface area contributed by atoms with Crippen molar-refractivity contribution in [1.29, 1.82) is 5.26 Å². The molecule has 0 heterocycles. The van der Waals surface area contributed by atoms with Crippen LogP contribution in [0.15, 0.2) is 0 Å². The highest BCUT2D eigenvalue weighted by atomic mass is 16.5. The highest BCUT2D eigenvalue weighted by Crippen LogP contribution is 2.34. The molecule has 1 N–H and O–H groups in total. The van der Waals surface area contributed by atoms with Crippen molar-refractivity contribution in [3.8, 4) is 6.07 Å². The predicted octanol–water partition coefficient (Wildman–Crippen LogP) is 1.30. The van der Waals surface area contributed by atoms with E-state index in [1.807, 2.05) is 0 Å². The van der Waals surface area contributed by atoms with Gasteiger partial charge in [-0.25, -0.2) is 0 Å². The zero-order chi connectivity index (χ0) is 9.73. The summed E-state index contributed by atoms with van der Waals surface area (Å²) in [6.45, 7) is 3.60. The Labute approximate surface area is 80.1 Å². The van der Waals surface area contributed by atoms with Gasteiger partial charge in [0, 0.05) is 13.7 Å². The van der Waals surface area contributed by atoms with E-state index in [1.54, 1.807) is 7.11 Å². The molecule has 74 valence electrons. The Morgan fingerprint density at radius 3 is 2.92 bits per heavy atom. The van der Waals surface area contributed by atoms with Crippen LogP contribution in [0.5, 0.6) is 0 Å². The molecule has 2 atom stereocenters. The monoisotopic (exact) mass is 182 g/mol. The number of ether oxygens (including phenoxy) is 1. The average Bonchev–Trinajstić information content (AvgIpc) is 2.49. The van der Waals surface area contributed by atoms with Crippen molar-refractivity contribution in [3.05, 3.63) is 0 Å². The van der Waals surface area contributed by atoms with Gasteiger partial charge in [-0.05, 0) is 18.8 Å². The van der Waals surface area contributed by atoms with E-state index in [2.05, 4.69) is 18.3 Å². The molecule has 0 spiro atoms. The standard InChI is InChI=1S/C10H18N2O/c1-9-4-3-5-10(9,8-11)12-6-7-13-2/h9,12H,3-7H2,1-2H3. The summed E-state index contributed by atoms with van der Waals surface area (Å²) < 4.78 is 4.95. The van der Waals surface area contributed by atoms with Crippen LogP contribution in [-0.2, 0) is 4.74 Å². The first kappa shape index (κ1) is 10.5. The number of nitrogens with zero attached hydrogens (tertiary/aromatic N) is 1. The maximum atomic E-state index is 9.13. The van der Waals surface area contributed by atoms with Gasteiger partial charge < -0.3 is 4.74 Å². The predicted molar refractivity (Wildman–Crippen MR) is 51.2 cm³/mol. The van der Waals surface area contributed by atoms with Gasteiger partial charge in [0.15, 0.2) is 0 Å². The lowest BCUT2D eigenvalue weighted by atomic mass is 9.90. The van der Waals surface area contributed by atoms with E-state index in [0.29, 0.717) is 12.5 Å². The SMILES string of the molecule is COCCNC1(C#N)CCCC1C. The van der Waals surface area contributed by atoms with Crippen LogP contribution < -0.4 is 5.32 Å². The van der Waals surface area contributed by atoms with Gasteiger partial charge in [-0.15, -0.1) is 0 Å². The van der Waals surface area contributed by atoms with Crippen molar-refractivity contribution in [2.45, 2.75) is 31.7 Å². The molecule has 1 aliphatic carbocycles. The molecule has 13 heavy (non-hydrogen) atoms. The first-order valence-corrected chi connectivity index (χ1v) is 4.90. The van der Waals surface area contributed by atoms with Gasteiger partial charge >= 0.3 is 0 Å². The average molecular weight is 182 g/mol. The molecule has 0 aromatic rings. The second-order valence-electron chi connectivity index (χ2n) is 3.80. The van der Waals surface area contributed by atoms with Crippen LogP contribution in [0.2, 0.25) is 0 Å². The summed E-state index contributed by atoms with van der Waals surface area (Å²) in [4.78, 5) is 0. The van der Waals surface area contributed by atoms with Gasteiger partial charge in [-0.3, -0.25) is 5.32 Å². The number of methoxy groups -OCH3 is 1. The van der Waals surface area contributed by atoms with Crippen LogP contribution >= 0.6 is 0 Å². The zero-order valence-electron chi connectivity index (χ0n) is 8.47. The van der Waals surface area contributed by atoms with Crippen LogP contribution in [0, 0.1) is 17.2 Å². The molecule has 0 amide bonds. The number of rotatable bonds is 4. The third-order valence-electron chi connectivity index (χ3n) is 3.00. The Morgan fingerprint density at radius 2 is 2.46 bits per heavy atom. The molecule has 2 unspecified atom stereocenters. The first-order valence-electron chi connectivity index (χ1n) is 4.90. The van der Waals surface area contributed by atoms with Crippen LogP contribution in [0.1, 0.15) is 26.2 Å². The van der Waals surface area contributed by atoms with Gasteiger partial charge in [0.2, 0.25) is 0 Å². The van der Waals surface area contributed by atoms with Gasteiger partial charge in [0.05, 0.1) is 12.7 Å². The van der Waals surface area contributed by atoms with E-state index in [4.69, 9.17) is 10.00 Å². The highest BCUT2D eigenvalue weighted by molar-refractivity contribution is 5.12. The molecular formula is C10H18N2O. The minimum absolute atomic E-state index is 0.279. The summed E-state index contributed by atoms with van der Waals surface area (Å²) in [5.41, 5.74) is -0.279. The third kappa shape index (κ3) is 2.20. The second kappa shape index (κ2) is 4.59. The van der Waals surface area contributed by atoms with E-state index < -0.39 is 0 Å². The zero-order valence-corrected chi connectivity index (χ0v) is 8.47. The van der Waals surface area contributed by atoms with E-state index in [0.717, 1.165) is 25.8 Å². The Morgan fingerprint density at radius 1 is 1.69 bits per heavy atom. The van der Waals surface area contributed by atoms with Crippen molar-refractivity contribution >= 4 is 0 Å². The fourth-order valence-electron chi connectivity index (χ4n) is 2.02. The molecule has 3 nitrogen and oxygen atoms in total. The summed E-state index contributed by atoms with van der Waals surface area (Å²) in [5.74, 6) is 0.467. The van der Waals surface area contributed by atoms with Crippen LogP contribution in [0.25, 0.3) is 0 Å². The normalized spacial score (nSPS) is 33.2. The summed E-state index contributed by atoms with van der Waals surface area (Å²) in [6.07, 6.45) is 3.30. The summed E-state index contributed by atoms with van der Waals surface area (Å²) in [7, 11) is 1.68. The van der Waals surface area contributed by atoms with Gasteiger partial charge in [-0.1, -0.05) is 13.3 Å². The quantitative estimate of drug-likeness (QED) is 0.667. The molecule has 0 bridgehead atoms. The smallest absolute Gasteiger partial charge is 0.109 e. The fraction of sp³-hybridized carbons (Fsp3) is 0.900. The maximum absolute atomic E-state index is 9.13. The van der Waals surface area contributed by atoms with Crippen molar-refractivity contribution in [1.82, 2.24) is 5.32 Å². The Kier molecular flexibility index (Phi) is 3.71. The first-order chi connectivity index (χ1) is 6.25. The highest BCUT2D eigenvalue weighted by Gasteiger charge is 2.39. The van der Waals surface area contributed by atoms with Gasteiger partial charge in [0.1, 0.15) is 5.54 Å². The lowest BCUT2D eigenvalue weighted by Crippen LogP contribution is -2.47. The molecule has 1 fully saturated rings. The number of hydrogen-bond acceptors (Lipinski definition) is 3. The molecule has 1 rings (SSSR count). The molecule has 0 aromatic heterocycles. The summed E-state index contributed by atoms with van der Waals surface area (Å²) >= 11 is 0. The van der Waals surface area contributed by atoms with Crippen molar-refractivity contribution in [3.63, 3.8) is 0 Å². The number of nitriles is 1. The lowest BCUT2D eigenvalue weighted by molar-refractivity contribution is 0.185. The molecule has 1 saturated carbocycles. The number of hydrogen-bond donors (Lipinski definition) is 1. The second-order valence-corrected chi connectivity index (χ2v) is 3.80. The summed E-state index contributed by atoms with van der Waals surface area (Å²) in [5, 5.41) is 12.4. The third-order valence-corrected chi connectivity index (χ3v) is 3.00. The van der Waals surface area contributed by atoms with E-state index >= 15 is 0 Å². The molecule has 1 aliphatic rings. The topological polar surface area (TPSA) is 45.0 Å². The minimum atomic E-state index is -0.279. The molecule has 3 heteroatoms. The van der Waals surface area contributed by atoms with E-state index in [-0.39, 0.29) is 5.54 Å². The Bertz CT molecular complexity index is 200. The maximum Gasteiger partial charge on any atom is 0.109 e. The van der Waals surface area contributed by atoms with E-state index in [1.165, 1.54) is 0 Å². The van der Waals surface area contributed by atoms with Gasteiger partial charge in [-0.2, -0.15) is 5.26 Å². The summed E-state index contributed by atoms with van der Waals surface area (Å²) in [6, 6.07) is 2.42. The van der Waals surface area contributed by atoms with Crippen molar-refractivity contribution < 1.29 is 4.74 Å². The van der Waals surface area contributed by atoms with Crippen LogP contribution in [0.3, 0.4) is 0 Å². The van der Waals surface area contributed by atoms with Crippen LogP contribution in [0.4, 0.5) is 0 Å². The minimum Gasteiger partial charge on any atom is -0.383 e. The van der Waals surface area contributed by atoms with Gasteiger partial charge in [0.25, 0.3) is 0 Å². The molecule has 0 radical (unpaired) electrons. The number of nitrogens with one attached hydrogen (secondary N) is 1. The molecular weight excluding hydrogens is 164 g/mol. The molecule has 0 aliphatic heterocycles. The van der Waals surface area contributed by atoms with E-state index in [9.17, 15) is 0 Å². The molecule has 0 aromatic carbocycles. The fourth-order valence-corrected chi connectivity index (χ4v) is 2.02. The Hall–Kier alpha value is -0.590. The van der Waals surface area contributed by atoms with Crippen LogP contribution in [-0.4, -0.2) is 25.8 Å². The Balaban J connectivity index is 2.46. The molecule has 0 saturated heterocycles. The lowest BCUT2D eigenvalue weighted by Gasteiger charge is -2.27. The largest absolute Gasteiger partial charge is 0.383 e. The van der Waals surface area contributed by atoms with Crippen molar-refractivity contribution in [2.24, 2.45) is 5.92 Å². The van der Waals surface area contributed by atoms with Crippen molar-refractivity contribution in [2.75, 3.05) is 20.3 Å².